The van der Waals surface area contributed by atoms with Crippen LogP contribution in [0.15, 0.2) is 22.9 Å². The van der Waals surface area contributed by atoms with E-state index in [2.05, 4.69) is 55.0 Å². The fourth-order valence-corrected chi connectivity index (χ4v) is 2.29. The molecule has 1 N–H and O–H groups in total. The number of anilines is 1. The molecule has 0 unspecified atom stereocenters. The number of aromatic nitrogens is 4. The van der Waals surface area contributed by atoms with E-state index in [1.165, 1.54) is 0 Å². The predicted molar refractivity (Wildman–Crippen MR) is 83.5 cm³/mol. The van der Waals surface area contributed by atoms with E-state index in [0.29, 0.717) is 17.6 Å². The van der Waals surface area contributed by atoms with Crippen molar-refractivity contribution in [3.05, 3.63) is 28.6 Å². The summed E-state index contributed by atoms with van der Waals surface area (Å²) in [5.74, 6) is 2.41. The van der Waals surface area contributed by atoms with Gasteiger partial charge in [-0.3, -0.25) is 0 Å². The minimum Gasteiger partial charge on any atom is -0.369 e. The molecule has 2 aromatic heterocycles. The molecule has 0 aromatic carbocycles. The quantitative estimate of drug-likeness (QED) is 0.907. The average Bonchev–Trinajstić information content (AvgIpc) is 2.44. The van der Waals surface area contributed by atoms with Crippen molar-refractivity contribution < 1.29 is 0 Å². The number of nitrogens with one attached hydrogen (secondary N) is 1. The third-order valence-electron chi connectivity index (χ3n) is 2.63. The van der Waals surface area contributed by atoms with Crippen molar-refractivity contribution in [3.8, 4) is 11.6 Å². The van der Waals surface area contributed by atoms with Gasteiger partial charge in [-0.2, -0.15) is 0 Å². The van der Waals surface area contributed by atoms with Crippen LogP contribution < -0.4 is 5.32 Å². The highest BCUT2D eigenvalue weighted by molar-refractivity contribution is 9.10. The molecule has 0 aliphatic heterocycles. The number of rotatable bonds is 5. The number of hydrogen-bond donors (Lipinski definition) is 1. The molecule has 0 saturated heterocycles. The van der Waals surface area contributed by atoms with Crippen LogP contribution >= 0.6 is 15.9 Å². The first-order valence-corrected chi connectivity index (χ1v) is 7.48. The van der Waals surface area contributed by atoms with Gasteiger partial charge < -0.3 is 5.32 Å². The van der Waals surface area contributed by atoms with Crippen LogP contribution in [0.25, 0.3) is 11.6 Å². The number of halogens is 1. The maximum absolute atomic E-state index is 4.60. The van der Waals surface area contributed by atoms with Crippen LogP contribution in [0.5, 0.6) is 0 Å². The van der Waals surface area contributed by atoms with Crippen LogP contribution in [-0.2, 0) is 6.42 Å². The Balaban J connectivity index is 2.49. The summed E-state index contributed by atoms with van der Waals surface area (Å²) in [6, 6.07) is 1.78. The summed E-state index contributed by atoms with van der Waals surface area (Å²) in [5, 5.41) is 3.25. The molecule has 20 heavy (non-hydrogen) atoms. The minimum atomic E-state index is 0.514. The lowest BCUT2D eigenvalue weighted by molar-refractivity contribution is 0.632. The zero-order valence-corrected chi connectivity index (χ0v) is 13.5. The molecule has 0 saturated carbocycles. The Morgan fingerprint density at radius 2 is 1.85 bits per heavy atom. The lowest BCUT2D eigenvalue weighted by Crippen LogP contribution is -2.08. The second-order valence-corrected chi connectivity index (χ2v) is 5.65. The fourth-order valence-electron chi connectivity index (χ4n) is 1.81. The van der Waals surface area contributed by atoms with Crippen molar-refractivity contribution >= 4 is 21.7 Å². The normalized spacial score (nSPS) is 10.8. The van der Waals surface area contributed by atoms with Gasteiger partial charge in [0.05, 0.1) is 10.2 Å². The summed E-state index contributed by atoms with van der Waals surface area (Å²) in [5.41, 5.74) is 0.980. The molecular weight excluding hydrogens is 318 g/mol. The van der Waals surface area contributed by atoms with Crippen LogP contribution in [0.1, 0.15) is 26.5 Å². The predicted octanol–water partition coefficient (Wildman–Crippen LogP) is 3.33. The molecule has 2 rings (SSSR count). The third-order valence-corrected chi connectivity index (χ3v) is 3.46. The van der Waals surface area contributed by atoms with Gasteiger partial charge in [0.25, 0.3) is 0 Å². The second-order valence-electron chi connectivity index (χ2n) is 4.86. The Bertz CT molecular complexity index is 571. The molecule has 0 aliphatic carbocycles. The van der Waals surface area contributed by atoms with Crippen molar-refractivity contribution in [1.82, 2.24) is 19.9 Å². The molecule has 0 radical (unpaired) electrons. The maximum atomic E-state index is 4.60. The molecule has 106 valence electrons. The van der Waals surface area contributed by atoms with Gasteiger partial charge in [-0.1, -0.05) is 13.8 Å². The summed E-state index contributed by atoms with van der Waals surface area (Å²) < 4.78 is 0.924. The van der Waals surface area contributed by atoms with Crippen molar-refractivity contribution in [2.24, 2.45) is 5.92 Å². The van der Waals surface area contributed by atoms with E-state index in [-0.39, 0.29) is 0 Å². The average molecular weight is 336 g/mol. The lowest BCUT2D eigenvalue weighted by Gasteiger charge is -2.13. The van der Waals surface area contributed by atoms with E-state index in [1.54, 1.807) is 18.5 Å². The largest absolute Gasteiger partial charge is 0.369 e. The summed E-state index contributed by atoms with van der Waals surface area (Å²) in [7, 11) is 0. The van der Waals surface area contributed by atoms with Crippen molar-refractivity contribution in [1.29, 1.82) is 0 Å². The Hall–Kier alpha value is -1.56. The van der Waals surface area contributed by atoms with Gasteiger partial charge in [-0.15, -0.1) is 0 Å². The first kappa shape index (κ1) is 14.8. The van der Waals surface area contributed by atoms with Gasteiger partial charge in [0.15, 0.2) is 11.6 Å². The Labute approximate surface area is 127 Å². The van der Waals surface area contributed by atoms with E-state index in [1.807, 2.05) is 6.92 Å². The van der Waals surface area contributed by atoms with Gasteiger partial charge >= 0.3 is 0 Å². The van der Waals surface area contributed by atoms with E-state index in [4.69, 9.17) is 0 Å². The van der Waals surface area contributed by atoms with E-state index < -0.39 is 0 Å². The summed E-state index contributed by atoms with van der Waals surface area (Å²) in [6.07, 6.45) is 4.27. The third kappa shape index (κ3) is 3.50. The highest BCUT2D eigenvalue weighted by atomic mass is 79.9. The zero-order valence-electron chi connectivity index (χ0n) is 11.9. The Kier molecular flexibility index (Phi) is 5.00. The van der Waals surface area contributed by atoms with E-state index in [9.17, 15) is 0 Å². The Morgan fingerprint density at radius 3 is 2.45 bits per heavy atom. The minimum absolute atomic E-state index is 0.514. The van der Waals surface area contributed by atoms with Gasteiger partial charge in [0.1, 0.15) is 5.82 Å². The second kappa shape index (κ2) is 6.74. The van der Waals surface area contributed by atoms with Crippen LogP contribution in [-0.4, -0.2) is 26.5 Å². The smallest absolute Gasteiger partial charge is 0.200 e. The van der Waals surface area contributed by atoms with E-state index >= 15 is 0 Å². The summed E-state index contributed by atoms with van der Waals surface area (Å²) >= 11 is 3.59. The molecule has 6 heteroatoms. The van der Waals surface area contributed by atoms with Crippen LogP contribution in [0, 0.1) is 5.92 Å². The molecule has 0 aliphatic rings. The standard InChI is InChI=1S/C14H18BrN5/c1-4-16-12-11(15)10(8-9(2)3)19-14(20-12)13-17-6-5-7-18-13/h5-7,9H,4,8H2,1-3H3,(H,16,19,20). The van der Waals surface area contributed by atoms with E-state index in [0.717, 1.165) is 29.0 Å². The molecule has 0 atom stereocenters. The van der Waals surface area contributed by atoms with Gasteiger partial charge in [-0.25, -0.2) is 19.9 Å². The number of hydrogen-bond acceptors (Lipinski definition) is 5. The van der Waals surface area contributed by atoms with Crippen molar-refractivity contribution in [2.45, 2.75) is 27.2 Å². The van der Waals surface area contributed by atoms with Crippen molar-refractivity contribution in [2.75, 3.05) is 11.9 Å². The van der Waals surface area contributed by atoms with Gasteiger partial charge in [0, 0.05) is 18.9 Å². The maximum Gasteiger partial charge on any atom is 0.200 e. The number of nitrogens with zero attached hydrogens (tertiary/aromatic N) is 4. The monoisotopic (exact) mass is 335 g/mol. The van der Waals surface area contributed by atoms with Gasteiger partial charge in [0.2, 0.25) is 0 Å². The summed E-state index contributed by atoms with van der Waals surface area (Å²) in [6.45, 7) is 7.17. The molecular formula is C14H18BrN5. The van der Waals surface area contributed by atoms with Crippen LogP contribution in [0.3, 0.4) is 0 Å². The van der Waals surface area contributed by atoms with Crippen LogP contribution in [0.4, 0.5) is 5.82 Å². The molecule has 2 heterocycles. The fraction of sp³-hybridized carbons (Fsp3) is 0.429. The lowest BCUT2D eigenvalue weighted by atomic mass is 10.1. The molecule has 0 bridgehead atoms. The molecule has 5 nitrogen and oxygen atoms in total. The van der Waals surface area contributed by atoms with Gasteiger partial charge in [-0.05, 0) is 41.3 Å². The Morgan fingerprint density at radius 1 is 1.15 bits per heavy atom. The summed E-state index contributed by atoms with van der Waals surface area (Å²) in [4.78, 5) is 17.6. The zero-order chi connectivity index (χ0) is 14.5. The topological polar surface area (TPSA) is 63.6 Å². The van der Waals surface area contributed by atoms with Crippen molar-refractivity contribution in [3.63, 3.8) is 0 Å². The molecule has 2 aromatic rings. The molecule has 0 amide bonds. The first-order chi connectivity index (χ1) is 9.61. The highest BCUT2D eigenvalue weighted by Crippen LogP contribution is 2.27. The van der Waals surface area contributed by atoms with Crippen LogP contribution in [0.2, 0.25) is 0 Å². The SMILES string of the molecule is CCNc1nc(-c2ncccn2)nc(CC(C)C)c1Br. The molecule has 0 spiro atoms. The first-order valence-electron chi connectivity index (χ1n) is 6.69. The highest BCUT2D eigenvalue weighted by Gasteiger charge is 2.15. The molecule has 0 fully saturated rings.